The molecule has 2 aliphatic rings. The molecule has 1 aliphatic carbocycles. The highest BCUT2D eigenvalue weighted by Crippen LogP contribution is 2.47. The maximum Gasteiger partial charge on any atom is 0.0407 e. The van der Waals surface area contributed by atoms with Gasteiger partial charge < -0.3 is 4.90 Å². The molecule has 1 aromatic carbocycles. The minimum atomic E-state index is 0.600. The van der Waals surface area contributed by atoms with Crippen molar-refractivity contribution in [3.63, 3.8) is 0 Å². The molecule has 4 heteroatoms. The van der Waals surface area contributed by atoms with Gasteiger partial charge in [-0.15, -0.1) is 0 Å². The monoisotopic (exact) mass is 342 g/mol. The standard InChI is InChI=1S/C15H20BrClN2/c16-11-15(5-6-15)12-18-7-9-19(10-8-18)14-3-1-13(17)2-4-14/h1-4H,5-12H2. The van der Waals surface area contributed by atoms with Crippen molar-refractivity contribution in [2.24, 2.45) is 5.41 Å². The summed E-state index contributed by atoms with van der Waals surface area (Å²) in [5.41, 5.74) is 1.90. The molecule has 0 amide bonds. The Morgan fingerprint density at radius 2 is 1.68 bits per heavy atom. The molecule has 3 rings (SSSR count). The van der Waals surface area contributed by atoms with E-state index in [2.05, 4.69) is 37.9 Å². The van der Waals surface area contributed by atoms with Gasteiger partial charge in [0, 0.05) is 48.8 Å². The second kappa shape index (κ2) is 5.63. The van der Waals surface area contributed by atoms with Crippen LogP contribution in [0.1, 0.15) is 12.8 Å². The SMILES string of the molecule is Clc1ccc(N2CCN(CC3(CBr)CC3)CC2)cc1. The summed E-state index contributed by atoms with van der Waals surface area (Å²) in [5.74, 6) is 0. The number of halogens is 2. The van der Waals surface area contributed by atoms with Crippen LogP contribution >= 0.6 is 27.5 Å². The van der Waals surface area contributed by atoms with Gasteiger partial charge in [-0.3, -0.25) is 4.90 Å². The molecule has 2 nitrogen and oxygen atoms in total. The lowest BCUT2D eigenvalue weighted by Crippen LogP contribution is -2.48. The molecule has 1 saturated heterocycles. The second-order valence-electron chi connectivity index (χ2n) is 5.87. The highest BCUT2D eigenvalue weighted by atomic mass is 79.9. The van der Waals surface area contributed by atoms with E-state index < -0.39 is 0 Å². The summed E-state index contributed by atoms with van der Waals surface area (Å²) >= 11 is 9.60. The van der Waals surface area contributed by atoms with E-state index in [1.165, 1.54) is 38.2 Å². The van der Waals surface area contributed by atoms with Crippen molar-refractivity contribution in [2.45, 2.75) is 12.8 Å². The van der Waals surface area contributed by atoms with Crippen LogP contribution in [0.15, 0.2) is 24.3 Å². The summed E-state index contributed by atoms with van der Waals surface area (Å²) in [7, 11) is 0. The van der Waals surface area contributed by atoms with E-state index in [1.807, 2.05) is 12.1 Å². The van der Waals surface area contributed by atoms with Gasteiger partial charge in [0.15, 0.2) is 0 Å². The summed E-state index contributed by atoms with van der Waals surface area (Å²) in [6.07, 6.45) is 2.80. The molecule has 2 fully saturated rings. The van der Waals surface area contributed by atoms with Gasteiger partial charge in [0.25, 0.3) is 0 Å². The number of hydrogen-bond acceptors (Lipinski definition) is 2. The van der Waals surface area contributed by atoms with E-state index in [1.54, 1.807) is 0 Å². The van der Waals surface area contributed by atoms with Gasteiger partial charge in [-0.25, -0.2) is 0 Å². The normalized spacial score (nSPS) is 22.5. The van der Waals surface area contributed by atoms with Gasteiger partial charge in [0.2, 0.25) is 0 Å². The first kappa shape index (κ1) is 13.7. The molecule has 0 aromatic heterocycles. The van der Waals surface area contributed by atoms with Crippen LogP contribution in [0.4, 0.5) is 5.69 Å². The van der Waals surface area contributed by atoms with Crippen LogP contribution in [0.25, 0.3) is 0 Å². The third-order valence-corrected chi connectivity index (χ3v) is 5.81. The second-order valence-corrected chi connectivity index (χ2v) is 6.87. The Morgan fingerprint density at radius 1 is 1.05 bits per heavy atom. The average molecular weight is 344 g/mol. The Morgan fingerprint density at radius 3 is 2.21 bits per heavy atom. The highest BCUT2D eigenvalue weighted by Gasteiger charge is 2.42. The number of rotatable bonds is 4. The Labute approximate surface area is 128 Å². The van der Waals surface area contributed by atoms with Gasteiger partial charge in [0.05, 0.1) is 0 Å². The third kappa shape index (κ3) is 3.26. The molecular weight excluding hydrogens is 324 g/mol. The fourth-order valence-electron chi connectivity index (χ4n) is 2.80. The van der Waals surface area contributed by atoms with Crippen molar-refractivity contribution >= 4 is 33.2 Å². The van der Waals surface area contributed by atoms with Gasteiger partial charge in [-0.1, -0.05) is 27.5 Å². The van der Waals surface area contributed by atoms with Crippen molar-refractivity contribution in [3.05, 3.63) is 29.3 Å². The number of nitrogens with zero attached hydrogens (tertiary/aromatic N) is 2. The van der Waals surface area contributed by atoms with E-state index >= 15 is 0 Å². The predicted octanol–water partition coefficient (Wildman–Crippen LogP) is 3.64. The first-order valence-electron chi connectivity index (χ1n) is 7.00. The van der Waals surface area contributed by atoms with E-state index in [0.717, 1.165) is 23.4 Å². The number of hydrogen-bond donors (Lipinski definition) is 0. The lowest BCUT2D eigenvalue weighted by molar-refractivity contribution is 0.218. The van der Waals surface area contributed by atoms with Crippen molar-refractivity contribution in [1.82, 2.24) is 4.90 Å². The minimum Gasteiger partial charge on any atom is -0.369 e. The Balaban J connectivity index is 1.53. The lowest BCUT2D eigenvalue weighted by atomic mass is 10.1. The maximum absolute atomic E-state index is 5.94. The van der Waals surface area contributed by atoms with Crippen LogP contribution in [-0.4, -0.2) is 43.0 Å². The molecule has 0 bridgehead atoms. The van der Waals surface area contributed by atoms with Crippen molar-refractivity contribution in [2.75, 3.05) is 43.0 Å². The van der Waals surface area contributed by atoms with Gasteiger partial charge >= 0.3 is 0 Å². The largest absolute Gasteiger partial charge is 0.369 e. The molecule has 0 N–H and O–H groups in total. The Bertz CT molecular complexity index is 422. The fourth-order valence-corrected chi connectivity index (χ4v) is 3.67. The quantitative estimate of drug-likeness (QED) is 0.770. The fraction of sp³-hybridized carbons (Fsp3) is 0.600. The molecule has 104 valence electrons. The molecule has 19 heavy (non-hydrogen) atoms. The molecule has 0 unspecified atom stereocenters. The zero-order valence-corrected chi connectivity index (χ0v) is 13.5. The average Bonchev–Trinajstić information content (AvgIpc) is 3.21. The van der Waals surface area contributed by atoms with Crippen LogP contribution in [0.3, 0.4) is 0 Å². The van der Waals surface area contributed by atoms with E-state index in [4.69, 9.17) is 11.6 Å². The van der Waals surface area contributed by atoms with Crippen LogP contribution in [0, 0.1) is 5.41 Å². The lowest BCUT2D eigenvalue weighted by Gasteiger charge is -2.37. The minimum absolute atomic E-state index is 0.600. The van der Waals surface area contributed by atoms with Gasteiger partial charge in [0.1, 0.15) is 0 Å². The molecule has 0 radical (unpaired) electrons. The molecule has 0 atom stereocenters. The summed E-state index contributed by atoms with van der Waals surface area (Å²) in [6, 6.07) is 8.21. The van der Waals surface area contributed by atoms with E-state index in [9.17, 15) is 0 Å². The maximum atomic E-state index is 5.94. The predicted molar refractivity (Wildman–Crippen MR) is 85.6 cm³/mol. The van der Waals surface area contributed by atoms with Gasteiger partial charge in [-0.2, -0.15) is 0 Å². The summed E-state index contributed by atoms with van der Waals surface area (Å²) in [4.78, 5) is 5.08. The first-order valence-corrected chi connectivity index (χ1v) is 8.50. The number of piperazine rings is 1. The highest BCUT2D eigenvalue weighted by molar-refractivity contribution is 9.09. The van der Waals surface area contributed by atoms with Crippen molar-refractivity contribution < 1.29 is 0 Å². The van der Waals surface area contributed by atoms with Crippen LogP contribution < -0.4 is 4.90 Å². The van der Waals surface area contributed by atoms with E-state index in [0.29, 0.717) is 5.41 Å². The smallest absolute Gasteiger partial charge is 0.0407 e. The zero-order valence-electron chi connectivity index (χ0n) is 11.1. The number of benzene rings is 1. The molecule has 1 heterocycles. The first-order chi connectivity index (χ1) is 9.21. The molecule has 1 aliphatic heterocycles. The topological polar surface area (TPSA) is 6.48 Å². The Hall–Kier alpha value is -0.250. The van der Waals surface area contributed by atoms with Crippen molar-refractivity contribution in [3.8, 4) is 0 Å². The van der Waals surface area contributed by atoms with Crippen molar-refractivity contribution in [1.29, 1.82) is 0 Å². The summed E-state index contributed by atoms with van der Waals surface area (Å²) in [6.45, 7) is 5.88. The third-order valence-electron chi connectivity index (χ3n) is 4.36. The summed E-state index contributed by atoms with van der Waals surface area (Å²) < 4.78 is 0. The van der Waals surface area contributed by atoms with Gasteiger partial charge in [-0.05, 0) is 42.5 Å². The molecular formula is C15H20BrClN2. The number of anilines is 1. The van der Waals surface area contributed by atoms with Crippen LogP contribution in [0.2, 0.25) is 5.02 Å². The van der Waals surface area contributed by atoms with E-state index in [-0.39, 0.29) is 0 Å². The molecule has 1 aromatic rings. The zero-order chi connectivity index (χ0) is 13.3. The van der Waals surface area contributed by atoms with Crippen LogP contribution in [0.5, 0.6) is 0 Å². The number of alkyl halides is 1. The molecule has 1 saturated carbocycles. The molecule has 0 spiro atoms. The van der Waals surface area contributed by atoms with Crippen LogP contribution in [-0.2, 0) is 0 Å². The summed E-state index contributed by atoms with van der Waals surface area (Å²) in [5, 5.41) is 1.98. The Kier molecular flexibility index (Phi) is 4.06.